The van der Waals surface area contributed by atoms with Crippen LogP contribution in [0, 0.1) is 5.92 Å². The molecule has 2 N–H and O–H groups in total. The second-order valence-corrected chi connectivity index (χ2v) is 6.35. The molecule has 0 aliphatic heterocycles. The minimum absolute atomic E-state index is 0.00427. The van der Waals surface area contributed by atoms with Crippen LogP contribution in [0.1, 0.15) is 24.0 Å². The van der Waals surface area contributed by atoms with E-state index >= 15 is 0 Å². The maximum atomic E-state index is 12.5. The second kappa shape index (κ2) is 4.94. The van der Waals surface area contributed by atoms with Crippen molar-refractivity contribution in [3.05, 3.63) is 47.7 Å². The number of carboxylic acid groups (broad SMARTS) is 1. The second-order valence-electron chi connectivity index (χ2n) is 6.35. The summed E-state index contributed by atoms with van der Waals surface area (Å²) in [6.45, 7) is -0.212. The van der Waals surface area contributed by atoms with E-state index < -0.39 is 5.97 Å². The molecule has 4 rings (SSSR count). The topological polar surface area (TPSA) is 84.2 Å². The zero-order valence-electron chi connectivity index (χ0n) is 12.5. The Bertz CT molecular complexity index is 798. The smallest absolute Gasteiger partial charge is 0.325 e. The van der Waals surface area contributed by atoms with Crippen molar-refractivity contribution >= 4 is 17.7 Å². The van der Waals surface area contributed by atoms with Crippen molar-refractivity contribution in [2.45, 2.75) is 31.2 Å². The van der Waals surface area contributed by atoms with Crippen LogP contribution in [0.25, 0.3) is 0 Å². The quantitative estimate of drug-likeness (QED) is 0.902. The highest BCUT2D eigenvalue weighted by Crippen LogP contribution is 2.61. The van der Waals surface area contributed by atoms with Gasteiger partial charge in [0.25, 0.3) is 0 Å². The average Bonchev–Trinajstić information content (AvgIpc) is 2.91. The van der Waals surface area contributed by atoms with E-state index in [1.165, 1.54) is 15.8 Å². The third-order valence-electron chi connectivity index (χ3n) is 4.98. The first kappa shape index (κ1) is 14.0. The van der Waals surface area contributed by atoms with Gasteiger partial charge in [-0.3, -0.25) is 14.3 Å². The van der Waals surface area contributed by atoms with Crippen LogP contribution >= 0.6 is 0 Å². The van der Waals surface area contributed by atoms with Crippen LogP contribution in [-0.4, -0.2) is 26.8 Å². The predicted octanol–water partition coefficient (Wildman–Crippen LogP) is 1.81. The zero-order chi connectivity index (χ0) is 16.0. The van der Waals surface area contributed by atoms with Crippen LogP contribution in [0.3, 0.4) is 0 Å². The number of rotatable bonds is 4. The van der Waals surface area contributed by atoms with Gasteiger partial charge < -0.3 is 10.4 Å². The number of benzene rings is 1. The number of nitrogens with one attached hydrogen (secondary N) is 1. The molecule has 6 nitrogen and oxygen atoms in total. The molecule has 0 bridgehead atoms. The van der Waals surface area contributed by atoms with E-state index in [4.69, 9.17) is 5.11 Å². The van der Waals surface area contributed by atoms with Crippen LogP contribution < -0.4 is 5.32 Å². The van der Waals surface area contributed by atoms with E-state index in [1.54, 1.807) is 12.3 Å². The number of hydrogen-bond acceptors (Lipinski definition) is 3. The lowest BCUT2D eigenvalue weighted by molar-refractivity contribution is -0.137. The molecular weight excluding hydrogens is 294 g/mol. The highest BCUT2D eigenvalue weighted by atomic mass is 16.4. The molecule has 2 atom stereocenters. The van der Waals surface area contributed by atoms with Crippen molar-refractivity contribution in [1.29, 1.82) is 0 Å². The molecule has 6 heteroatoms. The van der Waals surface area contributed by atoms with Crippen LogP contribution in [0.5, 0.6) is 0 Å². The summed E-state index contributed by atoms with van der Waals surface area (Å²) >= 11 is 0. The summed E-state index contributed by atoms with van der Waals surface area (Å²) in [4.78, 5) is 23.2. The number of aliphatic carboxylic acids is 1. The van der Waals surface area contributed by atoms with Crippen LogP contribution in [-0.2, 0) is 28.0 Å². The van der Waals surface area contributed by atoms with E-state index in [-0.39, 0.29) is 23.8 Å². The molecule has 2 unspecified atom stereocenters. The molecule has 2 aliphatic carbocycles. The Morgan fingerprint density at radius 1 is 1.35 bits per heavy atom. The molecule has 23 heavy (non-hydrogen) atoms. The molecule has 2 aromatic rings. The van der Waals surface area contributed by atoms with Crippen LogP contribution in [0.4, 0.5) is 5.82 Å². The fourth-order valence-electron chi connectivity index (χ4n) is 3.81. The van der Waals surface area contributed by atoms with Gasteiger partial charge in [-0.05, 0) is 30.4 Å². The van der Waals surface area contributed by atoms with Gasteiger partial charge in [-0.2, -0.15) is 5.10 Å². The van der Waals surface area contributed by atoms with Gasteiger partial charge in [0.15, 0.2) is 5.82 Å². The number of carbonyl (C=O) groups is 2. The number of aryl methyl sites for hydroxylation is 1. The molecule has 1 spiro atoms. The Kier molecular flexibility index (Phi) is 3.01. The summed E-state index contributed by atoms with van der Waals surface area (Å²) in [6, 6.07) is 9.98. The molecule has 1 fully saturated rings. The summed E-state index contributed by atoms with van der Waals surface area (Å²) < 4.78 is 1.30. The number of carbonyl (C=O) groups excluding carboxylic acids is 1. The van der Waals surface area contributed by atoms with Crippen molar-refractivity contribution in [3.63, 3.8) is 0 Å². The largest absolute Gasteiger partial charge is 0.480 e. The molecule has 1 saturated carbocycles. The number of fused-ring (bicyclic) bond motifs is 2. The Hall–Kier alpha value is -2.63. The number of aromatic nitrogens is 2. The summed E-state index contributed by atoms with van der Waals surface area (Å²) in [7, 11) is 0. The molecule has 1 aromatic heterocycles. The normalized spacial score (nSPS) is 24.4. The SMILES string of the molecule is O=C(O)Cn1ccc(NC(=O)C2CC23CCc2ccccc23)n1. The Morgan fingerprint density at radius 3 is 3.00 bits per heavy atom. The molecule has 1 amide bonds. The van der Waals surface area contributed by atoms with Crippen molar-refractivity contribution < 1.29 is 14.7 Å². The van der Waals surface area contributed by atoms with Crippen molar-refractivity contribution in [3.8, 4) is 0 Å². The van der Waals surface area contributed by atoms with Gasteiger partial charge in [0.2, 0.25) is 5.91 Å². The Labute approximate surface area is 133 Å². The highest BCUT2D eigenvalue weighted by molar-refractivity contribution is 5.95. The number of hydrogen-bond donors (Lipinski definition) is 2. The maximum absolute atomic E-state index is 12.5. The first-order valence-corrected chi connectivity index (χ1v) is 7.73. The van der Waals surface area contributed by atoms with Gasteiger partial charge in [0.1, 0.15) is 6.54 Å². The van der Waals surface area contributed by atoms with E-state index in [0.29, 0.717) is 5.82 Å². The molecule has 118 valence electrons. The van der Waals surface area contributed by atoms with Gasteiger partial charge in [0.05, 0.1) is 0 Å². The minimum atomic E-state index is -0.963. The van der Waals surface area contributed by atoms with Gasteiger partial charge in [-0.25, -0.2) is 0 Å². The fraction of sp³-hybridized carbons (Fsp3) is 0.353. The van der Waals surface area contributed by atoms with Crippen molar-refractivity contribution in [2.24, 2.45) is 5.92 Å². The van der Waals surface area contributed by atoms with Crippen molar-refractivity contribution in [1.82, 2.24) is 9.78 Å². The van der Waals surface area contributed by atoms with Crippen molar-refractivity contribution in [2.75, 3.05) is 5.32 Å². The predicted molar refractivity (Wildman–Crippen MR) is 83.0 cm³/mol. The summed E-state index contributed by atoms with van der Waals surface area (Å²) in [5.74, 6) is -0.600. The van der Waals surface area contributed by atoms with E-state index in [1.807, 2.05) is 12.1 Å². The number of carboxylic acids is 1. The van der Waals surface area contributed by atoms with E-state index in [9.17, 15) is 9.59 Å². The summed E-state index contributed by atoms with van der Waals surface area (Å²) in [5, 5.41) is 15.6. The highest BCUT2D eigenvalue weighted by Gasteiger charge is 2.61. The van der Waals surface area contributed by atoms with Gasteiger partial charge in [0, 0.05) is 23.6 Å². The zero-order valence-corrected chi connectivity index (χ0v) is 12.5. The summed E-state index contributed by atoms with van der Waals surface area (Å²) in [5.41, 5.74) is 2.68. The molecule has 0 saturated heterocycles. The molecule has 1 heterocycles. The van der Waals surface area contributed by atoms with E-state index in [2.05, 4.69) is 22.5 Å². The van der Waals surface area contributed by atoms with Crippen LogP contribution in [0.2, 0.25) is 0 Å². The lowest BCUT2D eigenvalue weighted by Gasteiger charge is -2.11. The first-order valence-electron chi connectivity index (χ1n) is 7.73. The van der Waals surface area contributed by atoms with Gasteiger partial charge >= 0.3 is 5.97 Å². The minimum Gasteiger partial charge on any atom is -0.480 e. The monoisotopic (exact) mass is 311 g/mol. The third-order valence-corrected chi connectivity index (χ3v) is 4.98. The maximum Gasteiger partial charge on any atom is 0.325 e. The molecule has 1 aromatic carbocycles. The fourth-order valence-corrected chi connectivity index (χ4v) is 3.81. The molecule has 0 radical (unpaired) electrons. The Balaban J connectivity index is 1.46. The lowest BCUT2D eigenvalue weighted by Crippen LogP contribution is -2.20. The molecule has 2 aliphatic rings. The average molecular weight is 311 g/mol. The third kappa shape index (κ3) is 2.30. The Morgan fingerprint density at radius 2 is 2.17 bits per heavy atom. The number of anilines is 1. The van der Waals surface area contributed by atoms with Crippen LogP contribution in [0.15, 0.2) is 36.5 Å². The summed E-state index contributed by atoms with van der Waals surface area (Å²) in [6.07, 6.45) is 4.49. The number of amides is 1. The molecular formula is C17H17N3O3. The number of nitrogens with zero attached hydrogens (tertiary/aromatic N) is 2. The first-order chi connectivity index (χ1) is 11.1. The van der Waals surface area contributed by atoms with E-state index in [0.717, 1.165) is 19.3 Å². The van der Waals surface area contributed by atoms with Gasteiger partial charge in [-0.15, -0.1) is 0 Å². The standard InChI is InChI=1S/C17H17N3O3/c21-15(22)10-20-8-6-14(19-20)18-16(23)13-9-17(13)7-5-11-3-1-2-4-12(11)17/h1-4,6,8,13H,5,7,9-10H2,(H,21,22)(H,18,19,23). The van der Waals surface area contributed by atoms with Gasteiger partial charge in [-0.1, -0.05) is 24.3 Å². The lowest BCUT2D eigenvalue weighted by atomic mass is 9.95.